The minimum Gasteiger partial charge on any atom is -0.354 e. The summed E-state index contributed by atoms with van der Waals surface area (Å²) in [5, 5.41) is 4.82. The molecule has 2 aromatic rings. The van der Waals surface area contributed by atoms with E-state index in [1.165, 1.54) is 38.3 Å². The molecule has 7 nitrogen and oxygen atoms in total. The van der Waals surface area contributed by atoms with Gasteiger partial charge in [-0.3, -0.25) is 0 Å². The normalized spacial score (nSPS) is 29.1. The van der Waals surface area contributed by atoms with Crippen LogP contribution in [0.2, 0.25) is 0 Å². The number of allylic oxidation sites excluding steroid dienone is 2. The first kappa shape index (κ1) is 21.0. The molecule has 0 amide bonds. The number of hydrogen-bond acceptors (Lipinski definition) is 5. The van der Waals surface area contributed by atoms with Gasteiger partial charge in [0, 0.05) is 54.9 Å². The molecule has 3 atom stereocenters. The van der Waals surface area contributed by atoms with Gasteiger partial charge >= 0.3 is 0 Å². The van der Waals surface area contributed by atoms with E-state index in [2.05, 4.69) is 125 Å². The summed E-state index contributed by atoms with van der Waals surface area (Å²) in [6, 6.07) is 4.65. The number of rotatable bonds is 2. The average molecular weight is 490 g/mol. The molecule has 186 valence electrons. The third-order valence-electron chi connectivity index (χ3n) is 8.87. The largest absolute Gasteiger partial charge is 0.354 e. The van der Waals surface area contributed by atoms with E-state index in [0.717, 1.165) is 29.6 Å². The molecule has 0 fully saturated rings. The molecule has 6 aliphatic heterocycles. The van der Waals surface area contributed by atoms with Gasteiger partial charge in [-0.2, -0.15) is 0 Å². The van der Waals surface area contributed by atoms with Gasteiger partial charge in [-0.15, -0.1) is 0 Å². The number of nitrogens with zero attached hydrogens (tertiary/aromatic N) is 6. The topological polar surface area (TPSA) is 46.0 Å². The predicted octanol–water partition coefficient (Wildman–Crippen LogP) is 1.82. The molecule has 2 aromatic heterocycles. The quantitative estimate of drug-likeness (QED) is 0.699. The van der Waals surface area contributed by atoms with Crippen LogP contribution < -0.4 is 21.4 Å². The number of nitrogens with one attached hydrogen (secondary N) is 1. The maximum atomic E-state index is 5.19. The van der Waals surface area contributed by atoms with Gasteiger partial charge in [0.25, 0.3) is 0 Å². The zero-order chi connectivity index (χ0) is 25.0. The SMILES string of the molecule is CCC1=C(C)C2=NC/1=C\N1C=CN3C=c4ccc5n4C(C31)C1N(C=CN1/C=c1\[nH]/c(c(C)c1CC)=C\2)C=5. The number of aromatic amines is 1. The highest BCUT2D eigenvalue weighted by Gasteiger charge is 2.47. The molecule has 1 N–H and O–H groups in total. The standard InChI is InChI=1S/C30H31N7/c1-5-22-18(3)24-13-25-19(4)23(6-2)27(32-25)17-36-12-10-34-15-21-8-7-20-14-33-9-11-35(16-26(22)31-24)29(33)28(30(34)36)37(20)21/h7-17,28-31H,5-6H2,1-4H3/b24-13-,26-16-,27-17-. The Hall–Kier alpha value is -4.13. The van der Waals surface area contributed by atoms with E-state index in [9.17, 15) is 0 Å². The van der Waals surface area contributed by atoms with Crippen LogP contribution in [0.4, 0.5) is 0 Å². The summed E-state index contributed by atoms with van der Waals surface area (Å²) in [5.41, 5.74) is 7.39. The van der Waals surface area contributed by atoms with Crippen LogP contribution in [-0.2, 0) is 6.42 Å². The lowest BCUT2D eigenvalue weighted by Crippen LogP contribution is -2.61. The van der Waals surface area contributed by atoms with Gasteiger partial charge in [0.15, 0.2) is 0 Å². The van der Waals surface area contributed by atoms with Crippen LogP contribution in [0, 0.1) is 6.92 Å². The van der Waals surface area contributed by atoms with Gasteiger partial charge in [-0.25, -0.2) is 4.99 Å². The van der Waals surface area contributed by atoms with E-state index in [0.29, 0.717) is 0 Å². The highest BCUT2D eigenvalue weighted by Crippen LogP contribution is 2.39. The van der Waals surface area contributed by atoms with Crippen molar-refractivity contribution < 1.29 is 0 Å². The molecule has 8 rings (SSSR count). The Kier molecular flexibility index (Phi) is 4.10. The fraction of sp³-hybridized carbons (Fsp3) is 0.300. The summed E-state index contributed by atoms with van der Waals surface area (Å²) in [6.45, 7) is 8.93. The number of aromatic nitrogens is 2. The molecule has 0 saturated heterocycles. The van der Waals surface area contributed by atoms with E-state index in [-0.39, 0.29) is 18.4 Å². The Morgan fingerprint density at radius 1 is 0.784 bits per heavy atom. The van der Waals surface area contributed by atoms with Gasteiger partial charge in [-0.05, 0) is 67.2 Å². The van der Waals surface area contributed by atoms with Crippen LogP contribution >= 0.6 is 0 Å². The first-order chi connectivity index (χ1) is 18.1. The molecule has 6 aliphatic rings. The molecule has 0 spiro atoms. The van der Waals surface area contributed by atoms with Crippen molar-refractivity contribution >= 4 is 30.4 Å². The highest BCUT2D eigenvalue weighted by molar-refractivity contribution is 6.23. The number of aliphatic imine (C=N–C) groups is 1. The van der Waals surface area contributed by atoms with Gasteiger partial charge in [0.2, 0.25) is 0 Å². The van der Waals surface area contributed by atoms with Crippen molar-refractivity contribution in [3.8, 4) is 0 Å². The molecular weight excluding hydrogens is 458 g/mol. The zero-order valence-electron chi connectivity index (χ0n) is 21.7. The second-order valence-electron chi connectivity index (χ2n) is 10.7. The summed E-state index contributed by atoms with van der Waals surface area (Å²) in [4.78, 5) is 18.5. The second-order valence-corrected chi connectivity index (χ2v) is 10.7. The van der Waals surface area contributed by atoms with Crippen molar-refractivity contribution in [2.24, 2.45) is 4.99 Å². The first-order valence-corrected chi connectivity index (χ1v) is 13.3. The molecule has 8 heterocycles. The van der Waals surface area contributed by atoms with E-state index in [1.807, 2.05) is 0 Å². The summed E-state index contributed by atoms with van der Waals surface area (Å²) in [7, 11) is 0. The molecule has 7 heteroatoms. The predicted molar refractivity (Wildman–Crippen MR) is 146 cm³/mol. The van der Waals surface area contributed by atoms with Crippen molar-refractivity contribution in [1.29, 1.82) is 0 Å². The molecule has 0 aliphatic carbocycles. The van der Waals surface area contributed by atoms with Gasteiger partial charge in [0.05, 0.1) is 27.5 Å². The smallest absolute Gasteiger partial charge is 0.134 e. The van der Waals surface area contributed by atoms with E-state index in [4.69, 9.17) is 4.99 Å². The molecule has 0 saturated carbocycles. The Balaban J connectivity index is 1.44. The molecule has 4 bridgehead atoms. The van der Waals surface area contributed by atoms with Crippen molar-refractivity contribution in [1.82, 2.24) is 29.2 Å². The van der Waals surface area contributed by atoms with E-state index in [1.54, 1.807) is 0 Å². The van der Waals surface area contributed by atoms with Crippen molar-refractivity contribution in [2.45, 2.75) is 58.9 Å². The maximum absolute atomic E-state index is 5.19. The van der Waals surface area contributed by atoms with Gasteiger partial charge < -0.3 is 29.2 Å². The third kappa shape index (κ3) is 2.69. The van der Waals surface area contributed by atoms with E-state index >= 15 is 0 Å². The van der Waals surface area contributed by atoms with Crippen LogP contribution in [0.15, 0.2) is 65.0 Å². The number of H-pyrrole nitrogens is 1. The molecule has 0 aromatic carbocycles. The first-order valence-electron chi connectivity index (χ1n) is 13.3. The lowest BCUT2D eigenvalue weighted by Gasteiger charge is -2.47. The van der Waals surface area contributed by atoms with Crippen LogP contribution in [0.3, 0.4) is 0 Å². The summed E-state index contributed by atoms with van der Waals surface area (Å²) in [5.74, 6) is 0. The maximum Gasteiger partial charge on any atom is 0.134 e. The van der Waals surface area contributed by atoms with Crippen molar-refractivity contribution in [3.05, 3.63) is 92.5 Å². The number of fused-ring (bicyclic) bond motifs is 3. The minimum atomic E-state index is 0.110. The second kappa shape index (κ2) is 7.22. The Morgan fingerprint density at radius 2 is 1.41 bits per heavy atom. The van der Waals surface area contributed by atoms with Crippen LogP contribution in [0.25, 0.3) is 24.7 Å². The Morgan fingerprint density at radius 3 is 2.03 bits per heavy atom. The fourth-order valence-electron chi connectivity index (χ4n) is 7.05. The third-order valence-corrected chi connectivity index (χ3v) is 8.87. The van der Waals surface area contributed by atoms with Crippen molar-refractivity contribution in [3.63, 3.8) is 0 Å². The average Bonchev–Trinajstić information content (AvgIpc) is 3.69. The number of hydrogen-bond donors (Lipinski definition) is 1. The highest BCUT2D eigenvalue weighted by atomic mass is 15.5. The summed E-state index contributed by atoms with van der Waals surface area (Å²) >= 11 is 0. The molecular formula is C30H31N7. The van der Waals surface area contributed by atoms with Crippen LogP contribution in [0.5, 0.6) is 0 Å². The molecule has 0 radical (unpaired) electrons. The molecule has 37 heavy (non-hydrogen) atoms. The summed E-state index contributed by atoms with van der Waals surface area (Å²) < 4.78 is 2.52. The van der Waals surface area contributed by atoms with Gasteiger partial charge in [-0.1, -0.05) is 13.8 Å². The van der Waals surface area contributed by atoms with Crippen molar-refractivity contribution in [2.75, 3.05) is 0 Å². The Labute approximate surface area is 216 Å². The van der Waals surface area contributed by atoms with Crippen LogP contribution in [0.1, 0.15) is 44.4 Å². The zero-order valence-corrected chi connectivity index (χ0v) is 21.7. The molecule has 3 unspecified atom stereocenters. The van der Waals surface area contributed by atoms with Gasteiger partial charge in [0.1, 0.15) is 18.4 Å². The lowest BCUT2D eigenvalue weighted by molar-refractivity contribution is 0.0654. The minimum absolute atomic E-state index is 0.110. The fourth-order valence-corrected chi connectivity index (χ4v) is 7.05. The monoisotopic (exact) mass is 489 g/mol. The van der Waals surface area contributed by atoms with E-state index < -0.39 is 0 Å². The van der Waals surface area contributed by atoms with Crippen LogP contribution in [-0.4, -0.2) is 47.2 Å². The lowest BCUT2D eigenvalue weighted by atomic mass is 10.0. The summed E-state index contributed by atoms with van der Waals surface area (Å²) in [6.07, 6.45) is 22.4. The Bertz CT molecular complexity index is 1770.